The van der Waals surface area contributed by atoms with Crippen LogP contribution in [0.2, 0.25) is 0 Å². The van der Waals surface area contributed by atoms with E-state index in [0.717, 1.165) is 10.7 Å². The number of nitrogens with zero attached hydrogens (tertiary/aromatic N) is 3. The molecule has 2 aromatic rings. The van der Waals surface area contributed by atoms with E-state index in [-0.39, 0.29) is 5.91 Å². The fraction of sp³-hybridized carbons (Fsp3) is 0.533. The molecule has 0 saturated heterocycles. The van der Waals surface area contributed by atoms with E-state index >= 15 is 0 Å². The molecule has 2 heterocycles. The van der Waals surface area contributed by atoms with E-state index in [4.69, 9.17) is 4.42 Å². The van der Waals surface area contributed by atoms with Crippen molar-refractivity contribution in [1.29, 1.82) is 0 Å². The number of hydrogen-bond donors (Lipinski definition) is 0. The summed E-state index contributed by atoms with van der Waals surface area (Å²) in [5.41, 5.74) is 1.55. The highest BCUT2D eigenvalue weighted by atomic mass is 32.1. The number of thiazole rings is 1. The van der Waals surface area contributed by atoms with Gasteiger partial charge in [-0.2, -0.15) is 0 Å². The SMILES string of the molecule is CCc1nc(C)c(C(=O)N(C)Cc2csc(C(C)C)n2)o1. The molecule has 0 fully saturated rings. The molecule has 0 spiro atoms. The number of aromatic nitrogens is 2. The Kier molecular flexibility index (Phi) is 4.77. The summed E-state index contributed by atoms with van der Waals surface area (Å²) in [5.74, 6) is 1.18. The second-order valence-corrected chi connectivity index (χ2v) is 6.26. The van der Waals surface area contributed by atoms with Crippen molar-refractivity contribution in [1.82, 2.24) is 14.9 Å². The van der Waals surface area contributed by atoms with Crippen molar-refractivity contribution < 1.29 is 9.21 Å². The Morgan fingerprint density at radius 1 is 1.43 bits per heavy atom. The normalized spacial score (nSPS) is 11.1. The predicted octanol–water partition coefficient (Wildman–Crippen LogP) is 3.40. The lowest BCUT2D eigenvalue weighted by atomic mass is 10.2. The third-order valence-corrected chi connectivity index (χ3v) is 4.34. The molecule has 0 saturated carbocycles. The topological polar surface area (TPSA) is 59.2 Å². The monoisotopic (exact) mass is 307 g/mol. The van der Waals surface area contributed by atoms with E-state index in [1.165, 1.54) is 0 Å². The zero-order chi connectivity index (χ0) is 15.6. The molecule has 0 N–H and O–H groups in total. The molecule has 6 heteroatoms. The molecule has 0 aliphatic heterocycles. The summed E-state index contributed by atoms with van der Waals surface area (Å²) in [6.07, 6.45) is 0.682. The molecule has 0 aliphatic carbocycles. The van der Waals surface area contributed by atoms with Crippen LogP contribution in [-0.4, -0.2) is 27.8 Å². The number of amides is 1. The van der Waals surface area contributed by atoms with Crippen LogP contribution in [-0.2, 0) is 13.0 Å². The first-order valence-electron chi connectivity index (χ1n) is 7.08. The van der Waals surface area contributed by atoms with Crippen molar-refractivity contribution in [3.8, 4) is 0 Å². The average molecular weight is 307 g/mol. The molecule has 0 bridgehead atoms. The molecule has 2 aromatic heterocycles. The van der Waals surface area contributed by atoms with Gasteiger partial charge in [-0.05, 0) is 6.92 Å². The van der Waals surface area contributed by atoms with Gasteiger partial charge in [0.25, 0.3) is 5.91 Å². The van der Waals surface area contributed by atoms with Gasteiger partial charge in [0.05, 0.1) is 22.9 Å². The predicted molar refractivity (Wildman–Crippen MR) is 82.6 cm³/mol. The lowest BCUT2D eigenvalue weighted by molar-refractivity contribution is 0.0749. The summed E-state index contributed by atoms with van der Waals surface area (Å²) in [5, 5.41) is 3.10. The fourth-order valence-electron chi connectivity index (χ4n) is 1.95. The summed E-state index contributed by atoms with van der Waals surface area (Å²) in [4.78, 5) is 22.8. The number of carbonyl (C=O) groups is 1. The lowest BCUT2D eigenvalue weighted by Crippen LogP contribution is -2.26. The van der Waals surface area contributed by atoms with Crippen molar-refractivity contribution in [2.45, 2.75) is 46.6 Å². The smallest absolute Gasteiger partial charge is 0.291 e. The Labute approximate surface area is 129 Å². The fourth-order valence-corrected chi connectivity index (χ4v) is 2.78. The van der Waals surface area contributed by atoms with E-state index < -0.39 is 0 Å². The van der Waals surface area contributed by atoms with Crippen LogP contribution in [0, 0.1) is 6.92 Å². The average Bonchev–Trinajstić information content (AvgIpc) is 3.04. The van der Waals surface area contributed by atoms with Crippen LogP contribution in [0.4, 0.5) is 0 Å². The minimum Gasteiger partial charge on any atom is -0.435 e. The van der Waals surface area contributed by atoms with Gasteiger partial charge in [-0.25, -0.2) is 9.97 Å². The van der Waals surface area contributed by atoms with Gasteiger partial charge in [-0.3, -0.25) is 4.79 Å². The molecule has 0 aromatic carbocycles. The lowest BCUT2D eigenvalue weighted by Gasteiger charge is -2.14. The molecule has 0 unspecified atom stereocenters. The summed E-state index contributed by atoms with van der Waals surface area (Å²) >= 11 is 1.63. The van der Waals surface area contributed by atoms with E-state index in [0.29, 0.717) is 36.2 Å². The maximum Gasteiger partial charge on any atom is 0.291 e. The molecule has 0 aliphatic rings. The first-order valence-corrected chi connectivity index (χ1v) is 7.96. The summed E-state index contributed by atoms with van der Waals surface area (Å²) in [6, 6.07) is 0. The number of carbonyl (C=O) groups excluding carboxylic acids is 1. The minimum atomic E-state index is -0.154. The number of rotatable bonds is 5. The van der Waals surface area contributed by atoms with Gasteiger partial charge >= 0.3 is 0 Å². The van der Waals surface area contributed by atoms with E-state index in [2.05, 4.69) is 23.8 Å². The maximum absolute atomic E-state index is 12.4. The van der Waals surface area contributed by atoms with Crippen molar-refractivity contribution in [3.63, 3.8) is 0 Å². The molecule has 0 atom stereocenters. The van der Waals surface area contributed by atoms with Crippen molar-refractivity contribution in [2.75, 3.05) is 7.05 Å². The van der Waals surface area contributed by atoms with Crippen LogP contribution in [0.3, 0.4) is 0 Å². The molecule has 0 radical (unpaired) electrons. The number of aryl methyl sites for hydroxylation is 2. The van der Waals surface area contributed by atoms with Gasteiger partial charge < -0.3 is 9.32 Å². The van der Waals surface area contributed by atoms with Gasteiger partial charge in [0, 0.05) is 24.8 Å². The first-order chi connectivity index (χ1) is 9.92. The standard InChI is InChI=1S/C15H21N3O2S/c1-6-12-16-10(4)13(20-12)15(19)18(5)7-11-8-21-14(17-11)9(2)3/h8-9H,6-7H2,1-5H3. The van der Waals surface area contributed by atoms with Crippen LogP contribution in [0.25, 0.3) is 0 Å². The molecule has 114 valence electrons. The zero-order valence-corrected chi connectivity index (χ0v) is 14.0. The Balaban J connectivity index is 2.09. The quantitative estimate of drug-likeness (QED) is 0.849. The first kappa shape index (κ1) is 15.7. The summed E-state index contributed by atoms with van der Waals surface area (Å²) < 4.78 is 5.51. The second-order valence-electron chi connectivity index (χ2n) is 5.37. The van der Waals surface area contributed by atoms with Crippen LogP contribution >= 0.6 is 11.3 Å². The molecule has 1 amide bonds. The van der Waals surface area contributed by atoms with Gasteiger partial charge in [0.1, 0.15) is 0 Å². The van der Waals surface area contributed by atoms with Crippen molar-refractivity contribution in [2.24, 2.45) is 0 Å². The highest BCUT2D eigenvalue weighted by Gasteiger charge is 2.21. The van der Waals surface area contributed by atoms with E-state index in [9.17, 15) is 4.79 Å². The summed E-state index contributed by atoms with van der Waals surface area (Å²) in [7, 11) is 1.75. The molecule has 2 rings (SSSR count). The highest BCUT2D eigenvalue weighted by molar-refractivity contribution is 7.09. The molecular formula is C15H21N3O2S. The molecule has 21 heavy (non-hydrogen) atoms. The third kappa shape index (κ3) is 3.50. The Hall–Kier alpha value is -1.69. The largest absolute Gasteiger partial charge is 0.435 e. The number of hydrogen-bond acceptors (Lipinski definition) is 5. The van der Waals surface area contributed by atoms with Crippen molar-refractivity contribution >= 4 is 17.2 Å². The Morgan fingerprint density at radius 3 is 2.67 bits per heavy atom. The minimum absolute atomic E-state index is 0.154. The van der Waals surface area contributed by atoms with Crippen LogP contribution in [0.15, 0.2) is 9.80 Å². The van der Waals surface area contributed by atoms with Gasteiger partial charge in [-0.15, -0.1) is 11.3 Å². The van der Waals surface area contributed by atoms with Gasteiger partial charge in [0.15, 0.2) is 5.89 Å². The third-order valence-electron chi connectivity index (χ3n) is 3.15. The zero-order valence-electron chi connectivity index (χ0n) is 13.1. The Morgan fingerprint density at radius 2 is 2.14 bits per heavy atom. The van der Waals surface area contributed by atoms with Crippen LogP contribution in [0.1, 0.15) is 59.5 Å². The number of oxazole rings is 1. The maximum atomic E-state index is 12.4. The van der Waals surface area contributed by atoms with Gasteiger partial charge in [0.2, 0.25) is 5.76 Å². The molecular weight excluding hydrogens is 286 g/mol. The highest BCUT2D eigenvalue weighted by Crippen LogP contribution is 2.20. The summed E-state index contributed by atoms with van der Waals surface area (Å²) in [6.45, 7) is 8.45. The van der Waals surface area contributed by atoms with E-state index in [1.807, 2.05) is 12.3 Å². The van der Waals surface area contributed by atoms with Gasteiger partial charge in [-0.1, -0.05) is 20.8 Å². The second kappa shape index (κ2) is 6.39. The Bertz CT molecular complexity index is 631. The van der Waals surface area contributed by atoms with Crippen LogP contribution in [0.5, 0.6) is 0 Å². The van der Waals surface area contributed by atoms with E-state index in [1.54, 1.807) is 30.2 Å². The van der Waals surface area contributed by atoms with Crippen molar-refractivity contribution in [3.05, 3.63) is 33.4 Å². The molecule has 5 nitrogen and oxygen atoms in total. The van der Waals surface area contributed by atoms with Crippen LogP contribution < -0.4 is 0 Å².